The Hall–Kier alpha value is -18.5. The van der Waals surface area contributed by atoms with Gasteiger partial charge in [-0.3, -0.25) is 0 Å². The predicted octanol–water partition coefficient (Wildman–Crippen LogP) is 41.0. The van der Waals surface area contributed by atoms with Crippen molar-refractivity contribution in [1.29, 1.82) is 0 Å². The second kappa shape index (κ2) is 36.8. The Kier molecular flexibility index (Phi) is 22.1. The molecule has 0 fully saturated rings. The number of furan rings is 3. The van der Waals surface area contributed by atoms with E-state index in [-0.39, 0.29) is 5.41 Å². The highest BCUT2D eigenvalue weighted by Crippen LogP contribution is 2.52. The van der Waals surface area contributed by atoms with Gasteiger partial charge in [0.2, 0.25) is 0 Å². The maximum absolute atomic E-state index is 6.29. The van der Waals surface area contributed by atoms with Crippen LogP contribution in [0.2, 0.25) is 0 Å². The third-order valence-electron chi connectivity index (χ3n) is 29.6. The summed E-state index contributed by atoms with van der Waals surface area (Å²) in [7, 11) is 0. The summed E-state index contributed by atoms with van der Waals surface area (Å²) in [5.41, 5.74) is 39.8. The Bertz CT molecular complexity index is 9940. The highest BCUT2D eigenvalue weighted by molar-refractivity contribution is 6.26. The summed E-state index contributed by atoms with van der Waals surface area (Å²) in [6.07, 6.45) is 0. The highest BCUT2D eigenvalue weighted by Gasteiger charge is 2.25. The van der Waals surface area contributed by atoms with Gasteiger partial charge in [-0.25, -0.2) is 0 Å². The minimum absolute atomic E-state index is 0.0676. The normalized spacial score (nSPS) is 11.7. The van der Waals surface area contributed by atoms with Gasteiger partial charge < -0.3 is 13.3 Å². The third-order valence-corrected chi connectivity index (χ3v) is 29.6. The first-order valence-electron chi connectivity index (χ1n) is 50.4. The molecule has 0 bridgehead atoms. The zero-order chi connectivity index (χ0) is 97.5. The summed E-state index contributed by atoms with van der Waals surface area (Å²) < 4.78 is 18.7. The molecule has 146 heavy (non-hydrogen) atoms. The van der Waals surface area contributed by atoms with Gasteiger partial charge in [-0.1, -0.05) is 439 Å². The first-order valence-corrected chi connectivity index (χ1v) is 50.4. The Morgan fingerprint density at radius 3 is 0.562 bits per heavy atom. The molecule has 0 aliphatic heterocycles. The Morgan fingerprint density at radius 2 is 0.301 bits per heavy atom. The maximum atomic E-state index is 6.29. The fourth-order valence-electron chi connectivity index (χ4n) is 22.5. The van der Waals surface area contributed by atoms with Crippen molar-refractivity contribution < 1.29 is 13.3 Å². The number of rotatable bonds is 13. The van der Waals surface area contributed by atoms with Crippen LogP contribution in [0.25, 0.3) is 275 Å². The van der Waals surface area contributed by atoms with Crippen molar-refractivity contribution in [3.63, 3.8) is 0 Å². The van der Waals surface area contributed by atoms with E-state index in [0.717, 1.165) is 60.4 Å². The molecule has 3 aromatic heterocycles. The van der Waals surface area contributed by atoms with Crippen LogP contribution < -0.4 is 0 Å². The lowest BCUT2D eigenvalue weighted by atomic mass is 9.85. The molecule has 0 amide bonds. The van der Waals surface area contributed by atoms with E-state index >= 15 is 0 Å². The van der Waals surface area contributed by atoms with E-state index in [1.165, 1.54) is 226 Å². The van der Waals surface area contributed by atoms with E-state index < -0.39 is 0 Å². The van der Waals surface area contributed by atoms with Crippen molar-refractivity contribution in [2.75, 3.05) is 0 Å². The highest BCUT2D eigenvalue weighted by atomic mass is 16.3. The van der Waals surface area contributed by atoms with Crippen LogP contribution in [0.3, 0.4) is 0 Å². The summed E-state index contributed by atoms with van der Waals surface area (Å²) >= 11 is 0. The van der Waals surface area contributed by atoms with Crippen molar-refractivity contribution in [3.05, 3.63) is 533 Å². The zero-order valence-electron chi connectivity index (χ0n) is 81.4. The molecule has 0 saturated carbocycles. The van der Waals surface area contributed by atoms with Crippen LogP contribution in [0, 0.1) is 6.92 Å². The van der Waals surface area contributed by atoms with Gasteiger partial charge in [0.25, 0.3) is 0 Å². The number of hydrogen-bond acceptors (Lipinski definition) is 3. The maximum Gasteiger partial charge on any atom is 0.135 e. The first kappa shape index (κ1) is 87.7. The number of benzene rings is 25. The van der Waals surface area contributed by atoms with Crippen molar-refractivity contribution in [1.82, 2.24) is 0 Å². The van der Waals surface area contributed by atoms with Crippen molar-refractivity contribution >= 4 is 130 Å². The molecule has 0 saturated heterocycles. The predicted molar refractivity (Wildman–Crippen MR) is 620 cm³/mol. The minimum atomic E-state index is 0.0676. The molecule has 25 aromatic carbocycles. The second-order valence-electron chi connectivity index (χ2n) is 39.6. The molecule has 0 unspecified atom stereocenters. The lowest BCUT2D eigenvalue weighted by Gasteiger charge is -2.19. The van der Waals surface area contributed by atoms with Crippen LogP contribution in [0.15, 0.2) is 535 Å². The van der Waals surface area contributed by atoms with Gasteiger partial charge in [-0.05, 0) is 336 Å². The smallest absolute Gasteiger partial charge is 0.135 e. The molecule has 0 aliphatic rings. The standard InChI is InChI=1S/C50H32O.C48H36O.C45H30O/c1-4-13-33(14-5-1)38-24-27-47-44(30-38)45-31-40(25-28-48(45)51-47)37-20-12-19-36(29-37)39-23-26-43-46(32-39)50(35-17-8-3-9-18-35)42-22-11-10-21-41(42)49(43)34-15-6-2-7-16-34;1-48(2,3)37-23-26-45-42(30-37)41-28-36(22-25-44(41)49-45)34-18-12-17-33(27-34)35-21-24-40-43(29-35)47(32-15-8-5-9-16-32)39-20-11-10-19-38(39)46(40)31-13-6-4-7-14-31;1-29-19-23-42-39(25-29)40-27-35(21-24-43(40)46-42)33-16-10-15-32(26-33)34-20-22-38-41(28-34)45(31-13-6-3-7-14-31)37-18-9-8-17-36(37)44(38)30-11-4-2-5-12-30/h1-32H;4-30H,1-3H3;2-28H,1H3. The molecular weight excluding hydrogens is 1770 g/mol. The molecular formula is C143H98O3. The third kappa shape index (κ3) is 16.1. The fraction of sp³-hybridized carbons (Fsp3) is 0.0350. The molecule has 0 radical (unpaired) electrons. The molecule has 0 N–H and O–H groups in total. The average Bonchev–Trinajstić information content (AvgIpc) is 1.09. The Morgan fingerprint density at radius 1 is 0.123 bits per heavy atom. The summed E-state index contributed by atoms with van der Waals surface area (Å²) in [4.78, 5) is 0. The molecule has 0 spiro atoms. The number of aryl methyl sites for hydroxylation is 1. The molecule has 28 rings (SSSR count). The Labute approximate surface area is 848 Å². The average molecular weight is 1860 g/mol. The van der Waals surface area contributed by atoms with Gasteiger partial charge >= 0.3 is 0 Å². The zero-order valence-corrected chi connectivity index (χ0v) is 81.4. The molecule has 0 atom stereocenters. The summed E-state index contributed by atoms with van der Waals surface area (Å²) in [6.45, 7) is 8.90. The summed E-state index contributed by atoms with van der Waals surface area (Å²) in [6, 6.07) is 189. The lowest BCUT2D eigenvalue weighted by Crippen LogP contribution is -2.10. The molecule has 3 nitrogen and oxygen atoms in total. The van der Waals surface area contributed by atoms with E-state index in [0.29, 0.717) is 0 Å². The van der Waals surface area contributed by atoms with E-state index in [1.807, 2.05) is 0 Å². The molecule has 0 aliphatic carbocycles. The van der Waals surface area contributed by atoms with Gasteiger partial charge in [0, 0.05) is 32.3 Å². The van der Waals surface area contributed by atoms with Crippen LogP contribution in [-0.2, 0) is 5.41 Å². The van der Waals surface area contributed by atoms with Crippen LogP contribution >= 0.6 is 0 Å². The van der Waals surface area contributed by atoms with Crippen LogP contribution in [0.5, 0.6) is 0 Å². The van der Waals surface area contributed by atoms with Gasteiger partial charge in [0.05, 0.1) is 0 Å². The van der Waals surface area contributed by atoms with E-state index in [2.05, 4.69) is 549 Å². The van der Waals surface area contributed by atoms with Crippen molar-refractivity contribution in [2.45, 2.75) is 33.1 Å². The van der Waals surface area contributed by atoms with Crippen LogP contribution in [0.1, 0.15) is 31.9 Å². The van der Waals surface area contributed by atoms with Gasteiger partial charge in [-0.15, -0.1) is 0 Å². The number of hydrogen-bond donors (Lipinski definition) is 0. The van der Waals surface area contributed by atoms with Crippen LogP contribution in [-0.4, -0.2) is 0 Å². The van der Waals surface area contributed by atoms with E-state index in [9.17, 15) is 0 Å². The van der Waals surface area contributed by atoms with Crippen LogP contribution in [0.4, 0.5) is 0 Å². The summed E-state index contributed by atoms with van der Waals surface area (Å²) in [5.74, 6) is 0. The summed E-state index contributed by atoms with van der Waals surface area (Å²) in [5, 5.41) is 22.0. The quantitative estimate of drug-likeness (QED) is 0.108. The first-order chi connectivity index (χ1) is 71.9. The minimum Gasteiger partial charge on any atom is -0.456 e. The van der Waals surface area contributed by atoms with E-state index in [1.54, 1.807) is 0 Å². The molecule has 3 heteroatoms. The topological polar surface area (TPSA) is 39.4 Å². The fourth-order valence-corrected chi connectivity index (χ4v) is 22.5. The van der Waals surface area contributed by atoms with Gasteiger partial charge in [0.1, 0.15) is 33.5 Å². The van der Waals surface area contributed by atoms with Gasteiger partial charge in [-0.2, -0.15) is 0 Å². The van der Waals surface area contributed by atoms with Crippen molar-refractivity contribution in [2.24, 2.45) is 0 Å². The molecule has 3 heterocycles. The molecule has 28 aromatic rings. The molecule has 688 valence electrons. The van der Waals surface area contributed by atoms with Crippen molar-refractivity contribution in [3.8, 4) is 145 Å². The number of fused-ring (bicyclic) bond motifs is 15. The second-order valence-corrected chi connectivity index (χ2v) is 39.6. The Balaban J connectivity index is 0.000000111. The lowest BCUT2D eigenvalue weighted by molar-refractivity contribution is 0.590. The van der Waals surface area contributed by atoms with E-state index in [4.69, 9.17) is 13.3 Å². The van der Waals surface area contributed by atoms with Gasteiger partial charge in [0.15, 0.2) is 0 Å². The largest absolute Gasteiger partial charge is 0.456 e. The SMILES string of the molecule is CC(C)(C)c1ccc2oc3ccc(-c4cccc(-c5ccc6c(-c7ccccc7)c7ccccc7c(-c7ccccc7)c6c5)c4)cc3c2c1.Cc1ccc2oc3ccc(-c4cccc(-c5ccc6c(-c7ccccc7)c7ccccc7c(-c7ccccc7)c6c5)c4)cc3c2c1.c1ccc(-c2ccc3oc4ccc(-c5cccc(-c6ccc7c(-c8ccccc8)c8ccccc8c(-c8ccccc8)c7c6)c5)cc4c3c2)cc1. The monoisotopic (exact) mass is 1860 g/mol.